The molecule has 0 aliphatic carbocycles. The van der Waals surface area contributed by atoms with Gasteiger partial charge in [0.15, 0.2) is 0 Å². The van der Waals surface area contributed by atoms with E-state index < -0.39 is 21.9 Å². The number of aliphatic hydroxyl groups excluding tert-OH is 1. The van der Waals surface area contributed by atoms with E-state index in [0.29, 0.717) is 19.4 Å². The third-order valence-electron chi connectivity index (χ3n) is 3.11. The zero-order valence-corrected chi connectivity index (χ0v) is 10.5. The van der Waals surface area contributed by atoms with Crippen molar-refractivity contribution in [3.63, 3.8) is 0 Å². The first-order chi connectivity index (χ1) is 8.46. The number of halogens is 1. The Hall–Kier alpha value is -1.18. The van der Waals surface area contributed by atoms with E-state index in [0.717, 1.165) is 6.07 Å². The maximum Gasteiger partial charge on any atom is 0.243 e. The molecule has 1 fully saturated rings. The van der Waals surface area contributed by atoms with Crippen molar-refractivity contribution in [2.45, 2.75) is 23.8 Å². The van der Waals surface area contributed by atoms with Crippen LogP contribution in [0.2, 0.25) is 0 Å². The van der Waals surface area contributed by atoms with Gasteiger partial charge in [0.2, 0.25) is 10.0 Å². The first-order valence-corrected chi connectivity index (χ1v) is 7.08. The number of nitrogens with two attached hydrogens (primary N) is 1. The van der Waals surface area contributed by atoms with Gasteiger partial charge in [0.1, 0.15) is 5.82 Å². The van der Waals surface area contributed by atoms with Crippen LogP contribution >= 0.6 is 0 Å². The highest BCUT2D eigenvalue weighted by molar-refractivity contribution is 7.89. The molecule has 1 aromatic carbocycles. The number of aliphatic hydroxyl groups is 1. The normalized spacial score (nSPS) is 21.3. The highest BCUT2D eigenvalue weighted by Crippen LogP contribution is 2.27. The van der Waals surface area contributed by atoms with Crippen molar-refractivity contribution in [1.29, 1.82) is 0 Å². The number of rotatable bonds is 3. The third kappa shape index (κ3) is 2.21. The second-order valence-electron chi connectivity index (χ2n) is 4.28. The van der Waals surface area contributed by atoms with Gasteiger partial charge < -0.3 is 10.8 Å². The zero-order valence-electron chi connectivity index (χ0n) is 9.71. The lowest BCUT2D eigenvalue weighted by atomic mass is 10.2. The lowest BCUT2D eigenvalue weighted by Gasteiger charge is -2.22. The number of anilines is 1. The van der Waals surface area contributed by atoms with E-state index in [1.54, 1.807) is 0 Å². The van der Waals surface area contributed by atoms with Crippen molar-refractivity contribution in [2.75, 3.05) is 18.9 Å². The summed E-state index contributed by atoms with van der Waals surface area (Å²) in [6.45, 7) is 0.121. The predicted octanol–water partition coefficient (Wildman–Crippen LogP) is 0.553. The molecule has 18 heavy (non-hydrogen) atoms. The van der Waals surface area contributed by atoms with Crippen LogP contribution in [-0.4, -0.2) is 37.0 Å². The third-order valence-corrected chi connectivity index (χ3v) is 5.06. The highest BCUT2D eigenvalue weighted by Gasteiger charge is 2.35. The predicted molar refractivity (Wildman–Crippen MR) is 64.8 cm³/mol. The quantitative estimate of drug-likeness (QED) is 0.789. The minimum Gasteiger partial charge on any atom is -0.396 e. The number of nitrogens with zero attached hydrogens (tertiary/aromatic N) is 1. The molecule has 1 aliphatic rings. The monoisotopic (exact) mass is 274 g/mol. The number of nitrogen functional groups attached to an aromatic ring is 1. The van der Waals surface area contributed by atoms with Gasteiger partial charge in [-0.3, -0.25) is 0 Å². The van der Waals surface area contributed by atoms with Crippen LogP contribution in [-0.2, 0) is 10.0 Å². The molecular weight excluding hydrogens is 259 g/mol. The maximum atomic E-state index is 13.3. The Labute approximate surface area is 105 Å². The van der Waals surface area contributed by atoms with E-state index in [4.69, 9.17) is 10.8 Å². The van der Waals surface area contributed by atoms with Crippen LogP contribution in [0.5, 0.6) is 0 Å². The van der Waals surface area contributed by atoms with E-state index in [1.165, 1.54) is 16.4 Å². The molecule has 0 radical (unpaired) electrons. The fourth-order valence-electron chi connectivity index (χ4n) is 2.11. The fourth-order valence-corrected chi connectivity index (χ4v) is 3.81. The molecule has 0 spiro atoms. The summed E-state index contributed by atoms with van der Waals surface area (Å²) < 4.78 is 39.1. The van der Waals surface area contributed by atoms with Crippen molar-refractivity contribution < 1.29 is 17.9 Å². The molecule has 0 aromatic heterocycles. The molecule has 0 saturated carbocycles. The molecule has 7 heteroatoms. The maximum absolute atomic E-state index is 13.3. The van der Waals surface area contributed by atoms with Gasteiger partial charge in [-0.2, -0.15) is 4.31 Å². The summed E-state index contributed by atoms with van der Waals surface area (Å²) in [4.78, 5) is -0.130. The van der Waals surface area contributed by atoms with Gasteiger partial charge in [0, 0.05) is 12.6 Å². The molecule has 0 amide bonds. The van der Waals surface area contributed by atoms with Crippen molar-refractivity contribution in [2.24, 2.45) is 0 Å². The van der Waals surface area contributed by atoms with Gasteiger partial charge in [-0.1, -0.05) is 0 Å². The summed E-state index contributed by atoms with van der Waals surface area (Å²) in [5.74, 6) is -0.754. The molecule has 1 aromatic rings. The average Bonchev–Trinajstić information content (AvgIpc) is 2.81. The topological polar surface area (TPSA) is 83.6 Å². The van der Waals surface area contributed by atoms with Crippen LogP contribution in [0.15, 0.2) is 23.1 Å². The van der Waals surface area contributed by atoms with Gasteiger partial charge in [-0.15, -0.1) is 0 Å². The van der Waals surface area contributed by atoms with Crippen LogP contribution in [0.3, 0.4) is 0 Å². The van der Waals surface area contributed by atoms with E-state index in [9.17, 15) is 12.8 Å². The number of benzene rings is 1. The van der Waals surface area contributed by atoms with E-state index in [-0.39, 0.29) is 17.2 Å². The van der Waals surface area contributed by atoms with Gasteiger partial charge in [0.25, 0.3) is 0 Å². The first-order valence-electron chi connectivity index (χ1n) is 5.64. The van der Waals surface area contributed by atoms with Crippen molar-refractivity contribution in [1.82, 2.24) is 4.31 Å². The van der Waals surface area contributed by atoms with Crippen LogP contribution in [0, 0.1) is 5.82 Å². The molecule has 1 saturated heterocycles. The Kier molecular flexibility index (Phi) is 3.56. The Morgan fingerprint density at radius 1 is 1.50 bits per heavy atom. The molecule has 1 heterocycles. The summed E-state index contributed by atoms with van der Waals surface area (Å²) in [5, 5.41) is 9.15. The molecule has 2 rings (SSSR count). The van der Waals surface area contributed by atoms with Crippen LogP contribution in [0.4, 0.5) is 10.1 Å². The average molecular weight is 274 g/mol. The Morgan fingerprint density at radius 2 is 2.22 bits per heavy atom. The van der Waals surface area contributed by atoms with Crippen molar-refractivity contribution in [3.8, 4) is 0 Å². The highest BCUT2D eigenvalue weighted by atomic mass is 32.2. The Balaban J connectivity index is 2.38. The van der Waals surface area contributed by atoms with Crippen LogP contribution in [0.1, 0.15) is 12.8 Å². The van der Waals surface area contributed by atoms with E-state index in [1.807, 2.05) is 0 Å². The van der Waals surface area contributed by atoms with E-state index in [2.05, 4.69) is 0 Å². The summed E-state index contributed by atoms with van der Waals surface area (Å²) in [7, 11) is -3.76. The van der Waals surface area contributed by atoms with Gasteiger partial charge in [-0.25, -0.2) is 12.8 Å². The summed E-state index contributed by atoms with van der Waals surface area (Å²) >= 11 is 0. The van der Waals surface area contributed by atoms with Gasteiger partial charge in [0.05, 0.1) is 17.2 Å². The van der Waals surface area contributed by atoms with Gasteiger partial charge >= 0.3 is 0 Å². The molecule has 5 nitrogen and oxygen atoms in total. The SMILES string of the molecule is Nc1ccc(S(=O)(=O)N2CCC[C@@H]2CO)cc1F. The number of hydrogen-bond donors (Lipinski definition) is 2. The number of sulfonamides is 1. The zero-order chi connectivity index (χ0) is 13.3. The Morgan fingerprint density at radius 3 is 2.83 bits per heavy atom. The molecule has 3 N–H and O–H groups in total. The summed E-state index contributed by atoms with van der Waals surface area (Å²) in [6, 6.07) is 3.00. The minimum atomic E-state index is -3.76. The van der Waals surface area contributed by atoms with Crippen molar-refractivity contribution >= 4 is 15.7 Å². The van der Waals surface area contributed by atoms with Gasteiger partial charge in [-0.05, 0) is 31.0 Å². The van der Waals surface area contributed by atoms with Crippen LogP contribution < -0.4 is 5.73 Å². The van der Waals surface area contributed by atoms with Crippen molar-refractivity contribution in [3.05, 3.63) is 24.0 Å². The second-order valence-corrected chi connectivity index (χ2v) is 6.17. The minimum absolute atomic E-state index is 0.0888. The molecule has 100 valence electrons. The van der Waals surface area contributed by atoms with Crippen LogP contribution in [0.25, 0.3) is 0 Å². The second kappa shape index (κ2) is 4.83. The lowest BCUT2D eigenvalue weighted by Crippen LogP contribution is -2.37. The largest absolute Gasteiger partial charge is 0.396 e. The molecule has 0 unspecified atom stereocenters. The fraction of sp³-hybridized carbons (Fsp3) is 0.455. The smallest absolute Gasteiger partial charge is 0.243 e. The molecular formula is C11H15FN2O3S. The van der Waals surface area contributed by atoms with E-state index >= 15 is 0 Å². The molecule has 1 atom stereocenters. The molecule has 0 bridgehead atoms. The molecule has 1 aliphatic heterocycles. The first kappa shape index (κ1) is 13.3. The Bertz CT molecular complexity index is 547. The summed E-state index contributed by atoms with van der Waals surface area (Å²) in [6.07, 6.45) is 1.31. The number of hydrogen-bond acceptors (Lipinski definition) is 4. The lowest BCUT2D eigenvalue weighted by molar-refractivity contribution is 0.213. The summed E-state index contributed by atoms with van der Waals surface area (Å²) in [5.41, 5.74) is 5.23. The standard InChI is InChI=1S/C11H15FN2O3S/c12-10-6-9(3-4-11(10)13)18(16,17)14-5-1-2-8(14)7-15/h3-4,6,8,15H,1-2,5,7,13H2/t8-/m1/s1.